The molecular formula is C37H47N9O4. The van der Waals surface area contributed by atoms with Gasteiger partial charge < -0.3 is 30.5 Å². The first-order valence-electron chi connectivity index (χ1n) is 17.3. The maximum absolute atomic E-state index is 13.1. The SMILES string of the molecule is CC(C)(C)OC(=O)N1CC[C@H](NC(=O)c2ccc(Nc3nc(N4CCC[C@@H](NC(=O)c5ccc(C(C)(C)C)cc5)C4)nn4ccnc34)cc2)C1. The van der Waals surface area contributed by atoms with Crippen LogP contribution in [0, 0.1) is 0 Å². The van der Waals surface area contributed by atoms with Gasteiger partial charge in [0.1, 0.15) is 5.60 Å². The van der Waals surface area contributed by atoms with E-state index >= 15 is 0 Å². The van der Waals surface area contributed by atoms with Crippen LogP contribution in [0.2, 0.25) is 0 Å². The highest BCUT2D eigenvalue weighted by Crippen LogP contribution is 2.25. The van der Waals surface area contributed by atoms with Crippen molar-refractivity contribution in [1.29, 1.82) is 0 Å². The first-order valence-corrected chi connectivity index (χ1v) is 17.3. The quantitative estimate of drug-likeness (QED) is 0.236. The second kappa shape index (κ2) is 14.0. The number of rotatable bonds is 7. The molecule has 264 valence electrons. The van der Waals surface area contributed by atoms with Crippen molar-refractivity contribution in [2.45, 2.75) is 83.9 Å². The summed E-state index contributed by atoms with van der Waals surface area (Å²) in [7, 11) is 0. The number of nitrogens with one attached hydrogen (secondary N) is 3. The van der Waals surface area contributed by atoms with Gasteiger partial charge in [-0.1, -0.05) is 32.9 Å². The predicted molar refractivity (Wildman–Crippen MR) is 192 cm³/mol. The maximum atomic E-state index is 13.1. The Morgan fingerprint density at radius 3 is 2.10 bits per heavy atom. The van der Waals surface area contributed by atoms with Crippen LogP contribution in [0.4, 0.5) is 22.2 Å². The normalized spacial score (nSPS) is 18.2. The zero-order valence-electron chi connectivity index (χ0n) is 29.7. The second-order valence-corrected chi connectivity index (χ2v) is 15.1. The van der Waals surface area contributed by atoms with Gasteiger partial charge in [-0.25, -0.2) is 14.3 Å². The van der Waals surface area contributed by atoms with E-state index in [0.717, 1.165) is 25.1 Å². The Kier molecular flexibility index (Phi) is 9.68. The van der Waals surface area contributed by atoms with Crippen LogP contribution >= 0.6 is 0 Å². The molecule has 6 rings (SSSR count). The van der Waals surface area contributed by atoms with E-state index in [2.05, 4.69) is 46.6 Å². The van der Waals surface area contributed by atoms with Crippen LogP contribution in [0.25, 0.3) is 5.65 Å². The lowest BCUT2D eigenvalue weighted by Crippen LogP contribution is -2.48. The van der Waals surface area contributed by atoms with Gasteiger partial charge in [0.25, 0.3) is 11.8 Å². The number of amides is 3. The summed E-state index contributed by atoms with van der Waals surface area (Å²) in [4.78, 5) is 51.6. The fraction of sp³-hybridized carbons (Fsp3) is 0.459. The van der Waals surface area contributed by atoms with Gasteiger partial charge in [-0.05, 0) is 87.4 Å². The molecule has 2 fully saturated rings. The molecule has 13 heteroatoms. The van der Waals surface area contributed by atoms with Crippen LogP contribution in [-0.4, -0.2) is 86.3 Å². The monoisotopic (exact) mass is 681 g/mol. The van der Waals surface area contributed by atoms with Crippen LogP contribution in [0.15, 0.2) is 60.9 Å². The summed E-state index contributed by atoms with van der Waals surface area (Å²) in [6, 6.07) is 14.7. The third-order valence-corrected chi connectivity index (χ3v) is 8.88. The van der Waals surface area contributed by atoms with E-state index in [0.29, 0.717) is 54.6 Å². The van der Waals surface area contributed by atoms with Crippen LogP contribution in [0.3, 0.4) is 0 Å². The maximum Gasteiger partial charge on any atom is 0.410 e. The van der Waals surface area contributed by atoms with E-state index in [1.807, 2.05) is 57.2 Å². The van der Waals surface area contributed by atoms with Crippen LogP contribution in [-0.2, 0) is 10.2 Å². The second-order valence-electron chi connectivity index (χ2n) is 15.1. The molecule has 0 aliphatic carbocycles. The number of carbonyl (C=O) groups excluding carboxylic acids is 3. The summed E-state index contributed by atoms with van der Waals surface area (Å²) >= 11 is 0. The third kappa shape index (κ3) is 8.32. The Hall–Kier alpha value is -5.20. The molecule has 0 unspecified atom stereocenters. The zero-order valence-corrected chi connectivity index (χ0v) is 29.7. The van der Waals surface area contributed by atoms with Gasteiger partial charge in [0, 0.05) is 67.5 Å². The van der Waals surface area contributed by atoms with Crippen molar-refractivity contribution >= 4 is 41.0 Å². The van der Waals surface area contributed by atoms with Gasteiger partial charge in [0.05, 0.1) is 0 Å². The number of likely N-dealkylation sites (tertiary alicyclic amines) is 1. The molecule has 0 spiro atoms. The number of hydrogen-bond donors (Lipinski definition) is 3. The number of anilines is 3. The van der Waals surface area contributed by atoms with Crippen molar-refractivity contribution in [2.24, 2.45) is 0 Å². The molecule has 4 heterocycles. The van der Waals surface area contributed by atoms with Gasteiger partial charge >= 0.3 is 6.09 Å². The smallest absolute Gasteiger partial charge is 0.410 e. The molecule has 2 aliphatic heterocycles. The van der Waals surface area contributed by atoms with Crippen molar-refractivity contribution in [3.05, 3.63) is 77.6 Å². The van der Waals surface area contributed by atoms with Gasteiger partial charge in [0.15, 0.2) is 11.5 Å². The lowest BCUT2D eigenvalue weighted by Gasteiger charge is -2.33. The minimum absolute atomic E-state index is 0.0216. The Morgan fingerprint density at radius 1 is 0.820 bits per heavy atom. The van der Waals surface area contributed by atoms with Crippen LogP contribution < -0.4 is 20.9 Å². The van der Waals surface area contributed by atoms with E-state index in [1.54, 1.807) is 33.9 Å². The van der Waals surface area contributed by atoms with E-state index in [-0.39, 0.29) is 35.4 Å². The number of ether oxygens (including phenoxy) is 1. The summed E-state index contributed by atoms with van der Waals surface area (Å²) < 4.78 is 7.15. The summed E-state index contributed by atoms with van der Waals surface area (Å²) in [5.41, 5.74) is 3.08. The van der Waals surface area contributed by atoms with Crippen molar-refractivity contribution in [3.63, 3.8) is 0 Å². The molecule has 3 N–H and O–H groups in total. The standard InChI is InChI=1S/C37H47N9O4/c1-36(2,3)26-13-9-24(10-14-26)32(47)40-28-8-7-19-44(22-28)34-42-30(31-38-18-21-46(31)43-34)39-27-15-11-25(12-16-27)33(48)41-29-17-20-45(23-29)35(49)50-37(4,5)6/h9-16,18,21,28-29H,7-8,17,19-20,22-23H2,1-6H3,(H,40,47)(H,41,48)(H,39,42,43)/t28-,29+/m1/s1. The Balaban J connectivity index is 1.08. The first-order chi connectivity index (χ1) is 23.7. The largest absolute Gasteiger partial charge is 0.444 e. The zero-order chi connectivity index (χ0) is 35.6. The molecule has 2 aliphatic rings. The van der Waals surface area contributed by atoms with Crippen molar-refractivity contribution in [1.82, 2.24) is 35.1 Å². The number of benzene rings is 2. The number of fused-ring (bicyclic) bond motifs is 1. The fourth-order valence-corrected chi connectivity index (χ4v) is 6.18. The topological polar surface area (TPSA) is 146 Å². The summed E-state index contributed by atoms with van der Waals surface area (Å²) in [6.45, 7) is 14.2. The third-order valence-electron chi connectivity index (χ3n) is 8.88. The average Bonchev–Trinajstić information content (AvgIpc) is 3.74. The Morgan fingerprint density at radius 2 is 1.46 bits per heavy atom. The molecule has 13 nitrogen and oxygen atoms in total. The van der Waals surface area contributed by atoms with E-state index in [1.165, 1.54) is 5.56 Å². The van der Waals surface area contributed by atoms with Crippen LogP contribution in [0.1, 0.15) is 87.1 Å². The summed E-state index contributed by atoms with van der Waals surface area (Å²) in [6.07, 6.45) is 5.49. The van der Waals surface area contributed by atoms with Gasteiger partial charge in [0.2, 0.25) is 5.95 Å². The summed E-state index contributed by atoms with van der Waals surface area (Å²) in [5.74, 6) is 0.755. The van der Waals surface area contributed by atoms with Gasteiger partial charge in [-0.15, -0.1) is 5.10 Å². The average molecular weight is 682 g/mol. The molecular weight excluding hydrogens is 634 g/mol. The highest BCUT2D eigenvalue weighted by molar-refractivity contribution is 5.95. The highest BCUT2D eigenvalue weighted by atomic mass is 16.6. The molecule has 2 aromatic carbocycles. The molecule has 0 saturated carbocycles. The summed E-state index contributed by atoms with van der Waals surface area (Å²) in [5, 5.41) is 14.3. The Labute approximate surface area is 292 Å². The molecule has 2 aromatic heterocycles. The molecule has 0 bridgehead atoms. The van der Waals surface area contributed by atoms with Crippen molar-refractivity contribution in [2.75, 3.05) is 36.4 Å². The van der Waals surface area contributed by atoms with Crippen molar-refractivity contribution in [3.8, 4) is 0 Å². The molecule has 3 amide bonds. The Bertz CT molecular complexity index is 1840. The molecule has 0 radical (unpaired) electrons. The predicted octanol–water partition coefficient (Wildman–Crippen LogP) is 5.30. The van der Waals surface area contributed by atoms with E-state index in [9.17, 15) is 14.4 Å². The number of imidazole rings is 1. The number of hydrogen-bond acceptors (Lipinski definition) is 9. The number of aromatic nitrogens is 4. The number of piperidine rings is 1. The van der Waals surface area contributed by atoms with E-state index in [4.69, 9.17) is 14.8 Å². The van der Waals surface area contributed by atoms with Crippen molar-refractivity contribution < 1.29 is 19.1 Å². The minimum Gasteiger partial charge on any atom is -0.444 e. The molecule has 4 aromatic rings. The lowest BCUT2D eigenvalue weighted by molar-refractivity contribution is 0.0289. The lowest BCUT2D eigenvalue weighted by atomic mass is 9.86. The fourth-order valence-electron chi connectivity index (χ4n) is 6.18. The number of carbonyl (C=O) groups is 3. The van der Waals surface area contributed by atoms with Crippen LogP contribution in [0.5, 0.6) is 0 Å². The molecule has 50 heavy (non-hydrogen) atoms. The van der Waals surface area contributed by atoms with Gasteiger partial charge in [-0.2, -0.15) is 4.98 Å². The minimum atomic E-state index is -0.569. The highest BCUT2D eigenvalue weighted by Gasteiger charge is 2.31. The molecule has 2 saturated heterocycles. The van der Waals surface area contributed by atoms with Gasteiger partial charge in [-0.3, -0.25) is 9.59 Å². The van der Waals surface area contributed by atoms with E-state index < -0.39 is 5.60 Å². The number of nitrogens with zero attached hydrogens (tertiary/aromatic N) is 6. The molecule has 2 atom stereocenters. The first kappa shape index (κ1) is 34.7.